The van der Waals surface area contributed by atoms with Crippen LogP contribution in [0.25, 0.3) is 0 Å². The highest BCUT2D eigenvalue weighted by atomic mass is 31.1. The van der Waals surface area contributed by atoms with E-state index in [9.17, 15) is 4.79 Å². The van der Waals surface area contributed by atoms with Crippen LogP contribution in [-0.4, -0.2) is 22.4 Å². The molecule has 6 nitrogen and oxygen atoms in total. The Morgan fingerprint density at radius 3 is 2.36 bits per heavy atom. The fourth-order valence-corrected chi connectivity index (χ4v) is 0.313. The molecule has 2 N–H and O–H groups in total. The van der Waals surface area contributed by atoms with E-state index in [4.69, 9.17) is 19.6 Å². The van der Waals surface area contributed by atoms with Gasteiger partial charge in [0.1, 0.15) is 6.61 Å². The third-order valence-corrected chi connectivity index (χ3v) is 0.795. The van der Waals surface area contributed by atoms with Gasteiger partial charge in [-0.05, 0) is 6.92 Å². The molecule has 0 saturated heterocycles. The molecule has 0 unspecified atom stereocenters. The van der Waals surface area contributed by atoms with Crippen molar-refractivity contribution in [1.82, 2.24) is 0 Å². The minimum atomic E-state index is -2.87. The van der Waals surface area contributed by atoms with Crippen molar-refractivity contribution in [3.8, 4) is 6.07 Å². The van der Waals surface area contributed by atoms with Crippen LogP contribution in [0.15, 0.2) is 12.2 Å². The number of nitrogens with zero attached hydrogens (tertiary/aromatic N) is 1. The number of carbonyl (C=O) groups excluding carboxylic acids is 1. The van der Waals surface area contributed by atoms with Crippen LogP contribution in [0.5, 0.6) is 0 Å². The molecule has 0 bridgehead atoms. The summed E-state index contributed by atoms with van der Waals surface area (Å²) in [6.07, 6.45) is 0.235. The second kappa shape index (κ2) is 9.81. The van der Waals surface area contributed by atoms with Crippen molar-refractivity contribution in [3.05, 3.63) is 12.2 Å². The maximum absolute atomic E-state index is 10.6. The van der Waals surface area contributed by atoms with Crippen LogP contribution in [0, 0.1) is 11.3 Å². The molecule has 0 saturated carbocycles. The second-order valence-electron chi connectivity index (χ2n) is 2.08. The average molecular weight is 220 g/mol. The fraction of sp³-hybridized carbons (Fsp3) is 0.429. The van der Waals surface area contributed by atoms with Crippen LogP contribution in [0.3, 0.4) is 0 Å². The van der Waals surface area contributed by atoms with Gasteiger partial charge in [0, 0.05) is 10.1 Å². The molecule has 0 rings (SSSR count). The highest BCUT2D eigenvalue weighted by molar-refractivity contribution is 7.30. The summed E-state index contributed by atoms with van der Waals surface area (Å²) in [5.74, 6) is -0.435. The zero-order valence-electron chi connectivity index (χ0n) is 7.63. The van der Waals surface area contributed by atoms with Crippen molar-refractivity contribution in [3.63, 3.8) is 0 Å². The number of nitriles is 1. The lowest BCUT2D eigenvalue weighted by Gasteiger charge is -1.98. The number of hydrogen-bond acceptors (Lipinski definition) is 4. The van der Waals surface area contributed by atoms with Gasteiger partial charge in [0.25, 0.3) is 0 Å². The van der Waals surface area contributed by atoms with E-state index in [1.165, 1.54) is 0 Å². The summed E-state index contributed by atoms with van der Waals surface area (Å²) >= 11 is 0. The lowest BCUT2D eigenvalue weighted by Crippen LogP contribution is -2.05. The molecule has 0 radical (unpaired) electrons. The minimum Gasteiger partial charge on any atom is -0.461 e. The highest BCUT2D eigenvalue weighted by Crippen LogP contribution is 1.98. The predicted octanol–water partition coefficient (Wildman–Crippen LogP) is 0.648. The fourth-order valence-electron chi connectivity index (χ4n) is 0.313. The molecule has 0 fully saturated rings. The van der Waals surface area contributed by atoms with E-state index >= 15 is 0 Å². The Morgan fingerprint density at radius 2 is 2.07 bits per heavy atom. The summed E-state index contributed by atoms with van der Waals surface area (Å²) in [5.41, 5.74) is 0.359. The molecule has 0 aliphatic rings. The van der Waals surface area contributed by atoms with Gasteiger partial charge in [-0.15, -0.1) is 9.79 Å². The van der Waals surface area contributed by atoms with Crippen LogP contribution in [0.1, 0.15) is 13.3 Å². The smallest absolute Gasteiger partial charge is 0.461 e. The Kier molecular flexibility index (Phi) is 10.6. The molecule has 14 heavy (non-hydrogen) atoms. The van der Waals surface area contributed by atoms with E-state index in [1.54, 1.807) is 6.92 Å². The molecule has 0 aromatic heterocycles. The first kappa shape index (κ1) is 15.2. The number of ether oxygens (including phenoxy) is 1. The van der Waals surface area contributed by atoms with Gasteiger partial charge in [-0.1, -0.05) is 6.58 Å². The molecule has 0 atom stereocenters. The molecule has 0 amide bonds. The third-order valence-electron chi connectivity index (χ3n) is 0.795. The molecular weight excluding hydrogens is 209 g/mol. The molecule has 0 heterocycles. The number of hydrogen-bond donors (Lipinski definition) is 2. The van der Waals surface area contributed by atoms with E-state index in [-0.39, 0.29) is 13.0 Å². The van der Waals surface area contributed by atoms with Gasteiger partial charge in [0.2, 0.25) is 0 Å². The van der Waals surface area contributed by atoms with E-state index in [0.29, 0.717) is 5.57 Å². The Morgan fingerprint density at radius 1 is 1.64 bits per heavy atom. The molecule has 78 valence electrons. The summed E-state index contributed by atoms with van der Waals surface area (Å²) in [6, 6.07) is 1.86. The van der Waals surface area contributed by atoms with Gasteiger partial charge in [0.05, 0.1) is 12.5 Å². The first-order chi connectivity index (χ1) is 6.41. The monoisotopic (exact) mass is 220 g/mol. The molecule has 7 heteroatoms. The average Bonchev–Trinajstić information content (AvgIpc) is 2.03. The summed E-state index contributed by atoms with van der Waals surface area (Å²) in [7, 11) is -2.87. The van der Waals surface area contributed by atoms with Gasteiger partial charge in [-0.3, -0.25) is 0 Å². The van der Waals surface area contributed by atoms with Gasteiger partial charge in [-0.25, -0.2) is 4.79 Å². The van der Waals surface area contributed by atoms with E-state index in [2.05, 4.69) is 11.3 Å². The molecule has 0 aromatic rings. The van der Waals surface area contributed by atoms with Gasteiger partial charge in [-0.2, -0.15) is 5.26 Å². The Balaban J connectivity index is 0. The summed E-state index contributed by atoms with van der Waals surface area (Å²) < 4.78 is 13.3. The molecular formula is C7H11NO5P+. The van der Waals surface area contributed by atoms with Crippen molar-refractivity contribution in [2.75, 3.05) is 6.61 Å². The quantitative estimate of drug-likeness (QED) is 0.313. The number of carbonyl (C=O) groups is 1. The van der Waals surface area contributed by atoms with Crippen molar-refractivity contribution in [2.24, 2.45) is 0 Å². The molecule has 0 aliphatic heterocycles. The molecule has 0 spiro atoms. The van der Waals surface area contributed by atoms with Crippen LogP contribution < -0.4 is 0 Å². The molecule has 0 aromatic carbocycles. The topological polar surface area (TPSA) is 108 Å². The minimum absolute atomic E-state index is 0.155. The summed E-state index contributed by atoms with van der Waals surface area (Å²) in [5, 5.41) is 8.05. The highest BCUT2D eigenvalue weighted by Gasteiger charge is 2.00. The first-order valence-corrected chi connectivity index (χ1v) is 4.63. The van der Waals surface area contributed by atoms with Crippen molar-refractivity contribution in [1.29, 1.82) is 5.26 Å². The number of rotatable bonds is 3. The predicted molar refractivity (Wildman–Crippen MR) is 48.0 cm³/mol. The zero-order chi connectivity index (χ0) is 11.6. The Labute approximate surface area is 82.4 Å². The van der Waals surface area contributed by atoms with Crippen molar-refractivity contribution in [2.45, 2.75) is 13.3 Å². The third kappa shape index (κ3) is 17.0. The number of esters is 1. The second-order valence-corrected chi connectivity index (χ2v) is 2.58. The normalized spacial score (nSPS) is 7.57. The van der Waals surface area contributed by atoms with Crippen LogP contribution >= 0.6 is 8.25 Å². The maximum atomic E-state index is 10.6. The van der Waals surface area contributed by atoms with Gasteiger partial charge in [0.15, 0.2) is 0 Å². The largest absolute Gasteiger partial charge is 0.692 e. The van der Waals surface area contributed by atoms with E-state index in [1.807, 2.05) is 6.07 Å². The standard InChI is InChI=1S/C7H9NO2.HO3P/c1-6(2)7(9)10-5-3-4-8;1-4(2)3/h1,3,5H2,2H3;(H-,1,2,3)/p+1. The maximum Gasteiger partial charge on any atom is 0.692 e. The molecule has 0 aliphatic carbocycles. The summed E-state index contributed by atoms with van der Waals surface area (Å²) in [6.45, 7) is 5.10. The van der Waals surface area contributed by atoms with E-state index < -0.39 is 14.2 Å². The van der Waals surface area contributed by atoms with Crippen molar-refractivity contribution >= 4 is 14.2 Å². The van der Waals surface area contributed by atoms with Gasteiger partial charge >= 0.3 is 14.2 Å². The van der Waals surface area contributed by atoms with Crippen LogP contribution in [-0.2, 0) is 14.1 Å². The van der Waals surface area contributed by atoms with Crippen molar-refractivity contribution < 1.29 is 23.9 Å². The first-order valence-electron chi connectivity index (χ1n) is 3.46. The summed E-state index contributed by atoms with van der Waals surface area (Å²) in [4.78, 5) is 24.8. The Bertz CT molecular complexity index is 253. The van der Waals surface area contributed by atoms with Crippen LogP contribution in [0.4, 0.5) is 0 Å². The lowest BCUT2D eigenvalue weighted by atomic mass is 10.4. The van der Waals surface area contributed by atoms with Crippen LogP contribution in [0.2, 0.25) is 0 Å². The lowest BCUT2D eigenvalue weighted by molar-refractivity contribution is -0.138. The SMILES string of the molecule is C=C(C)C(=O)OCCC#N.O=[P+](O)O. The zero-order valence-corrected chi connectivity index (χ0v) is 8.53. The van der Waals surface area contributed by atoms with E-state index in [0.717, 1.165) is 0 Å². The Hall–Kier alpha value is -1.28. The van der Waals surface area contributed by atoms with Gasteiger partial charge < -0.3 is 4.74 Å².